The number of methoxy groups -OCH3 is 1. The van der Waals surface area contributed by atoms with E-state index in [9.17, 15) is 27.9 Å². The number of aliphatic hydroxyl groups is 1. The summed E-state index contributed by atoms with van der Waals surface area (Å²) in [5.41, 5.74) is -2.95. The molecule has 1 heterocycles. The van der Waals surface area contributed by atoms with Gasteiger partial charge in [0.1, 0.15) is 5.75 Å². The number of nitrogens with one attached hydrogen (secondary N) is 1. The van der Waals surface area contributed by atoms with Crippen LogP contribution in [0.1, 0.15) is 54.9 Å². The van der Waals surface area contributed by atoms with Gasteiger partial charge in [-0.2, -0.15) is 13.2 Å². The number of amides is 2. The summed E-state index contributed by atoms with van der Waals surface area (Å²) in [7, 11) is 4.64. The molecule has 2 aromatic rings. The Kier molecular flexibility index (Phi) is 10.3. The Bertz CT molecular complexity index is 1190. The zero-order valence-electron chi connectivity index (χ0n) is 23.2. The number of carbonyl (C=O) groups excluding carboxylic acids is 2. The summed E-state index contributed by atoms with van der Waals surface area (Å²) in [6.07, 6.45) is -1.42. The van der Waals surface area contributed by atoms with Crippen LogP contribution in [0.15, 0.2) is 42.5 Å². The Labute approximate surface area is 238 Å². The number of hydrogen-bond acceptors (Lipinski definition) is 5. The van der Waals surface area contributed by atoms with Gasteiger partial charge in [0.25, 0.3) is 17.4 Å². The molecular weight excluding hydrogens is 547 g/mol. The van der Waals surface area contributed by atoms with Gasteiger partial charge >= 0.3 is 6.18 Å². The summed E-state index contributed by atoms with van der Waals surface area (Å²) in [6.45, 7) is 2.34. The molecule has 7 nitrogen and oxygen atoms in total. The van der Waals surface area contributed by atoms with Crippen LogP contribution >= 0.6 is 11.6 Å². The average Bonchev–Trinajstić information content (AvgIpc) is 2.91. The van der Waals surface area contributed by atoms with E-state index in [1.807, 2.05) is 13.0 Å². The van der Waals surface area contributed by atoms with Gasteiger partial charge in [-0.15, -0.1) is 0 Å². The fourth-order valence-corrected chi connectivity index (χ4v) is 5.26. The molecule has 220 valence electrons. The first kappa shape index (κ1) is 31.5. The first-order valence-electron chi connectivity index (χ1n) is 13.3. The molecule has 0 aliphatic carbocycles. The van der Waals surface area contributed by atoms with Crippen molar-refractivity contribution >= 4 is 29.1 Å². The van der Waals surface area contributed by atoms with Crippen molar-refractivity contribution in [3.05, 3.63) is 58.6 Å². The van der Waals surface area contributed by atoms with Crippen LogP contribution in [0.3, 0.4) is 0 Å². The minimum absolute atomic E-state index is 0.120. The van der Waals surface area contributed by atoms with E-state index >= 15 is 0 Å². The van der Waals surface area contributed by atoms with E-state index in [1.54, 1.807) is 26.2 Å². The first-order valence-corrected chi connectivity index (χ1v) is 13.7. The Balaban J connectivity index is 1.51. The number of rotatable bonds is 10. The SMILES string of the molecule is COc1cccc([C@@](O)(C(=O)N2CCC(CCC[C@H](C)Nc3ccc(C(=O)N(C)C)c(Cl)c3)CC2)C(F)(F)F)c1. The number of piperidine rings is 1. The van der Waals surface area contributed by atoms with E-state index in [1.165, 1.54) is 24.1 Å². The number of benzene rings is 2. The standard InChI is InChI=1S/C29H37ClF3N3O4/c1-19(34-22-11-12-24(25(30)18-22)26(37)35(2)3)7-5-8-20-13-15-36(16-14-20)27(38)28(39,29(31,32)33)21-9-6-10-23(17-21)40-4/h6,9-12,17-20,34,39H,5,7-8,13-16H2,1-4H3/t19-,28+/m0/s1. The number of likely N-dealkylation sites (tertiary alicyclic amines) is 1. The second-order valence-corrected chi connectivity index (χ2v) is 11.0. The minimum Gasteiger partial charge on any atom is -0.497 e. The van der Waals surface area contributed by atoms with Crippen LogP contribution < -0.4 is 10.1 Å². The topological polar surface area (TPSA) is 82.1 Å². The lowest BCUT2D eigenvalue weighted by Gasteiger charge is -2.38. The maximum atomic E-state index is 14.0. The number of nitrogens with zero attached hydrogens (tertiary/aromatic N) is 2. The van der Waals surface area contributed by atoms with Crippen LogP contribution in [0.2, 0.25) is 5.02 Å². The van der Waals surface area contributed by atoms with Crippen LogP contribution in [0.5, 0.6) is 5.75 Å². The van der Waals surface area contributed by atoms with Crippen molar-refractivity contribution < 1.29 is 32.6 Å². The predicted octanol–water partition coefficient (Wildman–Crippen LogP) is 5.71. The molecule has 2 aromatic carbocycles. The minimum atomic E-state index is -5.19. The van der Waals surface area contributed by atoms with E-state index < -0.39 is 23.2 Å². The van der Waals surface area contributed by atoms with Crippen LogP contribution in [0.25, 0.3) is 0 Å². The molecule has 0 aromatic heterocycles. The third-order valence-corrected chi connectivity index (χ3v) is 7.69. The van der Waals surface area contributed by atoms with Gasteiger partial charge in [0.15, 0.2) is 0 Å². The molecule has 0 unspecified atom stereocenters. The van der Waals surface area contributed by atoms with Gasteiger partial charge in [0, 0.05) is 44.5 Å². The number of ether oxygens (including phenoxy) is 1. The zero-order valence-corrected chi connectivity index (χ0v) is 24.0. The van der Waals surface area contributed by atoms with Crippen molar-refractivity contribution in [2.75, 3.05) is 39.6 Å². The summed E-state index contributed by atoms with van der Waals surface area (Å²) >= 11 is 6.29. The van der Waals surface area contributed by atoms with Crippen LogP contribution in [-0.2, 0) is 10.4 Å². The summed E-state index contributed by atoms with van der Waals surface area (Å²) in [5, 5.41) is 14.5. The number of alkyl halides is 3. The van der Waals surface area contributed by atoms with Crippen molar-refractivity contribution in [1.82, 2.24) is 9.80 Å². The smallest absolute Gasteiger partial charge is 0.430 e. The molecule has 0 bridgehead atoms. The molecule has 2 amide bonds. The number of hydrogen-bond donors (Lipinski definition) is 2. The van der Waals surface area contributed by atoms with Crippen molar-refractivity contribution in [3.63, 3.8) is 0 Å². The van der Waals surface area contributed by atoms with Crippen molar-refractivity contribution in [1.29, 1.82) is 0 Å². The maximum absolute atomic E-state index is 14.0. The molecule has 0 saturated carbocycles. The van der Waals surface area contributed by atoms with Crippen LogP contribution in [-0.4, -0.2) is 73.2 Å². The second-order valence-electron chi connectivity index (χ2n) is 10.5. The van der Waals surface area contributed by atoms with Gasteiger partial charge < -0.3 is 25.0 Å². The fraction of sp³-hybridized carbons (Fsp3) is 0.517. The Hall–Kier alpha value is -2.98. The van der Waals surface area contributed by atoms with E-state index in [0.29, 0.717) is 23.4 Å². The molecule has 1 aliphatic rings. The molecule has 1 fully saturated rings. The maximum Gasteiger partial charge on any atom is 0.430 e. The highest BCUT2D eigenvalue weighted by molar-refractivity contribution is 6.34. The van der Waals surface area contributed by atoms with Gasteiger partial charge in [-0.1, -0.05) is 36.6 Å². The quantitative estimate of drug-likeness (QED) is 0.374. The molecule has 3 rings (SSSR count). The summed E-state index contributed by atoms with van der Waals surface area (Å²) < 4.78 is 47.1. The molecule has 1 aliphatic heterocycles. The highest BCUT2D eigenvalue weighted by Crippen LogP contribution is 2.42. The predicted molar refractivity (Wildman–Crippen MR) is 149 cm³/mol. The van der Waals surface area contributed by atoms with E-state index in [-0.39, 0.29) is 36.7 Å². The number of anilines is 1. The Morgan fingerprint density at radius 3 is 2.42 bits per heavy atom. The van der Waals surface area contributed by atoms with Crippen LogP contribution in [0, 0.1) is 5.92 Å². The lowest BCUT2D eigenvalue weighted by Crippen LogP contribution is -2.57. The molecule has 0 spiro atoms. The normalized spacial score (nSPS) is 16.7. The Morgan fingerprint density at radius 2 is 1.85 bits per heavy atom. The highest BCUT2D eigenvalue weighted by Gasteiger charge is 2.62. The third kappa shape index (κ3) is 7.20. The fourth-order valence-electron chi connectivity index (χ4n) is 5.00. The average molecular weight is 584 g/mol. The summed E-state index contributed by atoms with van der Waals surface area (Å²) in [5.74, 6) is -1.13. The molecular formula is C29H37ClF3N3O4. The van der Waals surface area contributed by atoms with Gasteiger partial charge in [-0.3, -0.25) is 9.59 Å². The molecule has 2 N–H and O–H groups in total. The highest BCUT2D eigenvalue weighted by atomic mass is 35.5. The van der Waals surface area contributed by atoms with E-state index in [0.717, 1.165) is 42.0 Å². The van der Waals surface area contributed by atoms with E-state index in [4.69, 9.17) is 16.3 Å². The van der Waals surface area contributed by atoms with Crippen molar-refractivity contribution in [3.8, 4) is 5.75 Å². The molecule has 1 saturated heterocycles. The van der Waals surface area contributed by atoms with Gasteiger partial charge in [-0.25, -0.2) is 0 Å². The summed E-state index contributed by atoms with van der Waals surface area (Å²) in [6, 6.07) is 10.3. The Morgan fingerprint density at radius 1 is 1.18 bits per heavy atom. The zero-order chi connectivity index (χ0) is 29.7. The largest absolute Gasteiger partial charge is 0.497 e. The molecule has 0 radical (unpaired) electrons. The number of carbonyl (C=O) groups is 2. The van der Waals surface area contributed by atoms with Crippen molar-refractivity contribution in [2.24, 2.45) is 5.92 Å². The molecule has 2 atom stereocenters. The number of halogens is 4. The third-order valence-electron chi connectivity index (χ3n) is 7.38. The van der Waals surface area contributed by atoms with Gasteiger partial charge in [0.2, 0.25) is 0 Å². The first-order chi connectivity index (χ1) is 18.8. The van der Waals surface area contributed by atoms with E-state index in [2.05, 4.69) is 5.32 Å². The monoisotopic (exact) mass is 583 g/mol. The van der Waals surface area contributed by atoms with Gasteiger partial charge in [-0.05, 0) is 62.4 Å². The lowest BCUT2D eigenvalue weighted by atomic mass is 9.87. The van der Waals surface area contributed by atoms with Crippen molar-refractivity contribution in [2.45, 2.75) is 56.8 Å². The van der Waals surface area contributed by atoms with Gasteiger partial charge in [0.05, 0.1) is 17.7 Å². The molecule has 40 heavy (non-hydrogen) atoms. The second kappa shape index (κ2) is 13.1. The van der Waals surface area contributed by atoms with Crippen LogP contribution in [0.4, 0.5) is 18.9 Å². The lowest BCUT2D eigenvalue weighted by molar-refractivity contribution is -0.262. The summed E-state index contributed by atoms with van der Waals surface area (Å²) in [4.78, 5) is 27.8. The molecule has 11 heteroatoms.